The molecule has 21 heavy (non-hydrogen) atoms. The van der Waals surface area contributed by atoms with E-state index in [-0.39, 0.29) is 0 Å². The van der Waals surface area contributed by atoms with E-state index in [0.29, 0.717) is 11.4 Å². The van der Waals surface area contributed by atoms with Gasteiger partial charge in [0, 0.05) is 36.4 Å². The van der Waals surface area contributed by atoms with Gasteiger partial charge in [-0.2, -0.15) is 0 Å². The summed E-state index contributed by atoms with van der Waals surface area (Å²) in [6.45, 7) is 1.78. The van der Waals surface area contributed by atoms with Gasteiger partial charge in [0.1, 0.15) is 0 Å². The monoisotopic (exact) mass is 304 g/mol. The summed E-state index contributed by atoms with van der Waals surface area (Å²) in [5.41, 5.74) is 2.01. The first-order valence-corrected chi connectivity index (χ1v) is 7.55. The largest absolute Gasteiger partial charge is 0.388 e. The number of pyridine rings is 1. The highest BCUT2D eigenvalue weighted by Gasteiger charge is 2.09. The summed E-state index contributed by atoms with van der Waals surface area (Å²) in [4.78, 5) is 6.53. The average Bonchev–Trinajstić information content (AvgIpc) is 2.52. The fraction of sp³-hybridized carbons (Fsp3) is 0.353. The van der Waals surface area contributed by atoms with Gasteiger partial charge in [-0.15, -0.1) is 0 Å². The Morgan fingerprint density at radius 1 is 1.14 bits per heavy atom. The van der Waals surface area contributed by atoms with Gasteiger partial charge in [0.15, 0.2) is 0 Å². The number of nitrogens with zero attached hydrogens (tertiary/aromatic N) is 2. The van der Waals surface area contributed by atoms with Gasteiger partial charge in [-0.3, -0.25) is 4.98 Å². The second kappa shape index (κ2) is 8.13. The van der Waals surface area contributed by atoms with E-state index in [1.807, 2.05) is 48.7 Å². The van der Waals surface area contributed by atoms with Gasteiger partial charge in [-0.05, 0) is 43.3 Å². The highest BCUT2D eigenvalue weighted by atomic mass is 35.5. The van der Waals surface area contributed by atoms with Crippen molar-refractivity contribution in [1.29, 1.82) is 0 Å². The second-order valence-electron chi connectivity index (χ2n) is 5.23. The molecule has 0 aliphatic carbocycles. The van der Waals surface area contributed by atoms with Crippen molar-refractivity contribution < 1.29 is 5.11 Å². The maximum absolute atomic E-state index is 10.2. The van der Waals surface area contributed by atoms with Crippen LogP contribution in [0, 0.1) is 0 Å². The number of aromatic nitrogens is 1. The Balaban J connectivity index is 1.73. The van der Waals surface area contributed by atoms with Crippen LogP contribution in [0.4, 0.5) is 0 Å². The minimum atomic E-state index is -0.445. The van der Waals surface area contributed by atoms with Crippen LogP contribution in [0.2, 0.25) is 5.02 Å². The maximum Gasteiger partial charge on any atom is 0.0802 e. The molecule has 2 aromatic rings. The van der Waals surface area contributed by atoms with Crippen molar-refractivity contribution >= 4 is 11.6 Å². The smallest absolute Gasteiger partial charge is 0.0802 e. The summed E-state index contributed by atoms with van der Waals surface area (Å²) >= 11 is 5.85. The molecule has 0 saturated carbocycles. The van der Waals surface area contributed by atoms with Gasteiger partial charge in [0.05, 0.1) is 6.10 Å². The SMILES string of the molecule is CN(CCc1ccccn1)CCC(O)c1ccc(Cl)cc1. The van der Waals surface area contributed by atoms with Gasteiger partial charge >= 0.3 is 0 Å². The molecule has 4 heteroatoms. The second-order valence-corrected chi connectivity index (χ2v) is 5.67. The fourth-order valence-corrected chi connectivity index (χ4v) is 2.28. The molecule has 2 rings (SSSR count). The molecule has 1 atom stereocenters. The highest BCUT2D eigenvalue weighted by Crippen LogP contribution is 2.19. The van der Waals surface area contributed by atoms with E-state index < -0.39 is 6.10 Å². The van der Waals surface area contributed by atoms with Crippen molar-refractivity contribution in [2.24, 2.45) is 0 Å². The highest BCUT2D eigenvalue weighted by molar-refractivity contribution is 6.30. The van der Waals surface area contributed by atoms with Crippen LogP contribution in [-0.4, -0.2) is 35.1 Å². The normalized spacial score (nSPS) is 12.6. The first kappa shape index (κ1) is 16.0. The zero-order chi connectivity index (χ0) is 15.1. The van der Waals surface area contributed by atoms with Gasteiger partial charge in [-0.1, -0.05) is 29.8 Å². The zero-order valence-corrected chi connectivity index (χ0v) is 13.0. The standard InChI is InChI=1S/C17H21ClN2O/c1-20(12-9-16-4-2-3-11-19-16)13-10-17(21)14-5-7-15(18)8-6-14/h2-8,11,17,21H,9-10,12-13H2,1H3. The van der Waals surface area contributed by atoms with Crippen molar-refractivity contribution in [2.45, 2.75) is 18.9 Å². The molecule has 0 saturated heterocycles. The number of hydrogen-bond donors (Lipinski definition) is 1. The third kappa shape index (κ3) is 5.46. The maximum atomic E-state index is 10.2. The molecule has 1 N–H and O–H groups in total. The van der Waals surface area contributed by atoms with E-state index in [9.17, 15) is 5.11 Å². The molecule has 0 aliphatic heterocycles. The zero-order valence-electron chi connectivity index (χ0n) is 12.2. The van der Waals surface area contributed by atoms with Gasteiger partial charge < -0.3 is 10.0 Å². The summed E-state index contributed by atoms with van der Waals surface area (Å²) in [7, 11) is 2.07. The van der Waals surface area contributed by atoms with Crippen molar-refractivity contribution in [3.63, 3.8) is 0 Å². The van der Waals surface area contributed by atoms with Crippen LogP contribution < -0.4 is 0 Å². The van der Waals surface area contributed by atoms with Crippen LogP contribution in [0.25, 0.3) is 0 Å². The van der Waals surface area contributed by atoms with E-state index in [2.05, 4.69) is 16.9 Å². The number of likely N-dealkylation sites (N-methyl/N-ethyl adjacent to an activating group) is 1. The molecule has 1 heterocycles. The van der Waals surface area contributed by atoms with Gasteiger partial charge in [-0.25, -0.2) is 0 Å². The molecule has 112 valence electrons. The third-order valence-electron chi connectivity index (χ3n) is 3.51. The summed E-state index contributed by atoms with van der Waals surface area (Å²) in [6.07, 6.45) is 3.01. The van der Waals surface area contributed by atoms with Gasteiger partial charge in [0.2, 0.25) is 0 Å². The molecular formula is C17H21ClN2O. The predicted octanol–water partition coefficient (Wildman–Crippen LogP) is 3.33. The van der Waals surface area contributed by atoms with Crippen LogP contribution in [-0.2, 0) is 6.42 Å². The number of halogens is 1. The Morgan fingerprint density at radius 3 is 2.57 bits per heavy atom. The van der Waals surface area contributed by atoms with E-state index in [4.69, 9.17) is 11.6 Å². The molecule has 0 bridgehead atoms. The van der Waals surface area contributed by atoms with E-state index in [1.54, 1.807) is 0 Å². The number of rotatable bonds is 7. The topological polar surface area (TPSA) is 36.4 Å². The quantitative estimate of drug-likeness (QED) is 0.852. The fourth-order valence-electron chi connectivity index (χ4n) is 2.16. The lowest BCUT2D eigenvalue weighted by atomic mass is 10.1. The van der Waals surface area contributed by atoms with E-state index >= 15 is 0 Å². The summed E-state index contributed by atoms with van der Waals surface area (Å²) in [5.74, 6) is 0. The summed E-state index contributed by atoms with van der Waals surface area (Å²) < 4.78 is 0. The number of hydrogen-bond acceptors (Lipinski definition) is 3. The molecule has 0 spiro atoms. The Hall–Kier alpha value is -1.42. The van der Waals surface area contributed by atoms with Crippen molar-refractivity contribution in [2.75, 3.05) is 20.1 Å². The van der Waals surface area contributed by atoms with Crippen LogP contribution in [0.5, 0.6) is 0 Å². The summed E-state index contributed by atoms with van der Waals surface area (Å²) in [5, 5.41) is 10.9. The Kier molecular flexibility index (Phi) is 6.18. The van der Waals surface area contributed by atoms with Crippen LogP contribution in [0.15, 0.2) is 48.7 Å². The lowest BCUT2D eigenvalue weighted by Crippen LogP contribution is -2.24. The van der Waals surface area contributed by atoms with Crippen molar-refractivity contribution in [3.05, 3.63) is 64.9 Å². The molecule has 3 nitrogen and oxygen atoms in total. The molecule has 1 aromatic carbocycles. The first-order valence-electron chi connectivity index (χ1n) is 7.17. The predicted molar refractivity (Wildman–Crippen MR) is 86.5 cm³/mol. The lowest BCUT2D eigenvalue weighted by Gasteiger charge is -2.19. The third-order valence-corrected chi connectivity index (χ3v) is 3.77. The van der Waals surface area contributed by atoms with Crippen LogP contribution in [0.3, 0.4) is 0 Å². The lowest BCUT2D eigenvalue weighted by molar-refractivity contribution is 0.149. The average molecular weight is 305 g/mol. The molecule has 1 unspecified atom stereocenters. The van der Waals surface area contributed by atoms with Crippen molar-refractivity contribution in [3.8, 4) is 0 Å². The molecular weight excluding hydrogens is 284 g/mol. The molecule has 0 aliphatic rings. The van der Waals surface area contributed by atoms with Crippen LogP contribution in [0.1, 0.15) is 23.8 Å². The molecule has 0 fully saturated rings. The Bertz CT molecular complexity index is 530. The number of aliphatic hydroxyl groups is 1. The van der Waals surface area contributed by atoms with Crippen LogP contribution >= 0.6 is 11.6 Å². The number of aliphatic hydroxyl groups excluding tert-OH is 1. The first-order chi connectivity index (χ1) is 10.1. The van der Waals surface area contributed by atoms with Crippen molar-refractivity contribution in [1.82, 2.24) is 9.88 Å². The summed E-state index contributed by atoms with van der Waals surface area (Å²) in [6, 6.07) is 13.3. The van der Waals surface area contributed by atoms with E-state index in [0.717, 1.165) is 30.8 Å². The van der Waals surface area contributed by atoms with Gasteiger partial charge in [0.25, 0.3) is 0 Å². The molecule has 0 amide bonds. The Morgan fingerprint density at radius 2 is 1.90 bits per heavy atom. The molecule has 0 radical (unpaired) electrons. The van der Waals surface area contributed by atoms with E-state index in [1.165, 1.54) is 0 Å². The molecule has 1 aromatic heterocycles. The Labute approximate surface area is 131 Å². The minimum absolute atomic E-state index is 0.445. The minimum Gasteiger partial charge on any atom is -0.388 e. The number of benzene rings is 1.